The summed E-state index contributed by atoms with van der Waals surface area (Å²) in [6.07, 6.45) is 17.8. The van der Waals surface area contributed by atoms with Crippen LogP contribution in [0, 0.1) is 13.8 Å². The number of fused-ring (bicyclic) bond motifs is 5. The van der Waals surface area contributed by atoms with Gasteiger partial charge in [-0.2, -0.15) is 0 Å². The minimum atomic E-state index is -3.72. The average molecular weight is 1880 g/mol. The van der Waals surface area contributed by atoms with Crippen LogP contribution >= 0.6 is 15.9 Å². The summed E-state index contributed by atoms with van der Waals surface area (Å²) in [5, 5.41) is 37.6. The number of carbonyl (C=O) groups is 1. The molecule has 10 aromatic heterocycles. The molecule has 0 unspecified atom stereocenters. The van der Waals surface area contributed by atoms with Crippen molar-refractivity contribution in [1.29, 1.82) is 0 Å². The Kier molecular flexibility index (Phi) is 47.6. The van der Waals surface area contributed by atoms with E-state index in [1.54, 1.807) is 116 Å². The molecule has 22 nitrogen and oxygen atoms in total. The number of ether oxygens (including phenoxy) is 2. The molecule has 0 bridgehead atoms. The normalized spacial score (nSPS) is 10.0. The Morgan fingerprint density at radius 1 is 0.397 bits per heavy atom. The van der Waals surface area contributed by atoms with Crippen molar-refractivity contribution in [1.82, 2.24) is 47.8 Å². The van der Waals surface area contributed by atoms with Crippen LogP contribution in [0.15, 0.2) is 386 Å². The summed E-state index contributed by atoms with van der Waals surface area (Å²) in [7, 11) is -7.69. The van der Waals surface area contributed by atoms with Gasteiger partial charge in [-0.3, -0.25) is 4.79 Å². The van der Waals surface area contributed by atoms with Crippen LogP contribution in [0.3, 0.4) is 0 Å². The number of hydrogen-bond donors (Lipinski definition) is 6. The zero-order valence-corrected chi connectivity index (χ0v) is 80.8. The number of carbonyl (C=O) groups excluding carboxylic acids is 1. The summed E-state index contributed by atoms with van der Waals surface area (Å²) in [6, 6.07) is 98.4. The molecular weight excluding hydrogens is 1770 g/mol. The van der Waals surface area contributed by atoms with E-state index in [2.05, 4.69) is 140 Å². The smallest absolute Gasteiger partial charge is 1.00 e. The van der Waals surface area contributed by atoms with E-state index in [9.17, 15) is 16.8 Å². The van der Waals surface area contributed by atoms with Crippen molar-refractivity contribution < 1.29 is 117 Å². The first-order valence-electron chi connectivity index (χ1n) is 40.8. The summed E-state index contributed by atoms with van der Waals surface area (Å²) >= 11 is 3.37. The molecule has 19 rings (SSSR count). The Morgan fingerprint density at radius 3 is 1.12 bits per heavy atom. The number of aryl methyl sites for hydroxylation is 2. The maximum absolute atomic E-state index is 13.1. The zero-order valence-electron chi connectivity index (χ0n) is 74.6. The van der Waals surface area contributed by atoms with E-state index >= 15 is 0 Å². The van der Waals surface area contributed by atoms with Gasteiger partial charge in [0.15, 0.2) is 11.3 Å². The fourth-order valence-electron chi connectivity index (χ4n) is 12.7. The molecule has 0 fully saturated rings. The summed E-state index contributed by atoms with van der Waals surface area (Å²) in [5.41, 5.74) is 17.3. The molecule has 6 N–H and O–H groups in total. The third-order valence-corrected chi connectivity index (χ3v) is 22.6. The van der Waals surface area contributed by atoms with E-state index < -0.39 is 27.2 Å². The second kappa shape index (κ2) is 57.1. The molecule has 0 spiro atoms. The first-order valence-corrected chi connectivity index (χ1v) is 44.4. The maximum Gasteiger partial charge on any atom is 1.00 e. The molecule has 0 saturated heterocycles. The van der Waals surface area contributed by atoms with Crippen LogP contribution in [0.4, 0.5) is 0 Å². The van der Waals surface area contributed by atoms with Crippen molar-refractivity contribution in [2.75, 3.05) is 7.11 Å². The second-order valence-electron chi connectivity index (χ2n) is 26.6. The van der Waals surface area contributed by atoms with Crippen molar-refractivity contribution in [3.8, 4) is 56.0 Å². The third-order valence-electron chi connectivity index (χ3n) is 18.6. The molecule has 0 atom stereocenters. The molecular formula is C103H108BBrN10Na2O12S2. The van der Waals surface area contributed by atoms with Gasteiger partial charge in [-0.15, -0.1) is 0 Å². The topological polar surface area (TPSA) is 318 Å². The Morgan fingerprint density at radius 2 is 0.725 bits per heavy atom. The quantitative estimate of drug-likeness (QED) is 0.0227. The zero-order chi connectivity index (χ0) is 90.9. The number of halogens is 1. The van der Waals surface area contributed by atoms with E-state index in [-0.39, 0.29) is 91.7 Å². The van der Waals surface area contributed by atoms with Crippen molar-refractivity contribution in [3.63, 3.8) is 0 Å². The number of pyridine rings is 5. The van der Waals surface area contributed by atoms with Gasteiger partial charge in [0, 0.05) is 123 Å². The molecule has 19 aromatic rings. The first kappa shape index (κ1) is 109. The first-order chi connectivity index (χ1) is 62.0. The number of nitrogens with zero attached hydrogens (tertiary/aromatic N) is 7. The van der Waals surface area contributed by atoms with Crippen LogP contribution in [0.2, 0.25) is 0 Å². The average Bonchev–Trinajstić information content (AvgIpc) is 1.60. The Balaban J connectivity index is 0.000000326. The predicted molar refractivity (Wildman–Crippen MR) is 526 cm³/mol. The van der Waals surface area contributed by atoms with Gasteiger partial charge < -0.3 is 51.2 Å². The Bertz CT molecular complexity index is 6760. The molecule has 0 aliphatic rings. The van der Waals surface area contributed by atoms with Crippen molar-refractivity contribution in [3.05, 3.63) is 398 Å². The number of nitrogens with one attached hydrogen (secondary N) is 3. The standard InChI is InChI=1S/C20H16N2O2S.2C20H16N2O.C14H11BrN2O2S.C13H10N2.C6H7BO2.3C2H6.CH2O3.CH4O.2CH4.2Na.H/c1-15-9-11-17(12-10-15)25(23,24)22-14-19(16-6-3-2-4-7-16)18-8-5-13-21-20(18)22;1-2-6-15(7-3-1)14-23-17-9-4-8-16(12-17)19-13-22-20-18(19)10-5-11-21-20;1-2-5-15(6-3-1)14-23-17-10-8-16(9-11-17)19-13-22-20-18(19)7-4-12-21-20;1-10-4-6-11(7-5-10)20(18,19)17-9-13(15)12-3-2-8-16-14(12)17;1-2-5-10(6-3-1)12-9-15-13-11(12)7-4-8-14-13;8-7(9)6-4-2-1-3-5-6;3*1-2;2-1-4-3;1-2;;;;;/h2-14H,1H3;2*1-13H,14H2,(H,21,22);2-9H,1H3;1-9H,(H,14,15);1-5,8-9H;3*1-2H3;1,3H;2H,1H3;2*1H4;;;/q;;;;;;;;;;;;;2*+1;-1/p-1. The van der Waals surface area contributed by atoms with Gasteiger partial charge in [-0.25, -0.2) is 49.7 Å². The van der Waals surface area contributed by atoms with Crippen LogP contribution in [-0.4, -0.2) is 101 Å². The number of aliphatic hydroxyl groups is 1. The monoisotopic (exact) mass is 1880 g/mol. The van der Waals surface area contributed by atoms with Crippen molar-refractivity contribution >= 4 is 110 Å². The number of aliphatic hydroxyl groups excluding tert-OH is 1. The van der Waals surface area contributed by atoms with E-state index in [0.717, 1.165) is 107 Å². The second-order valence-corrected chi connectivity index (χ2v) is 31.1. The van der Waals surface area contributed by atoms with Crippen LogP contribution < -0.4 is 79.3 Å². The van der Waals surface area contributed by atoms with Gasteiger partial charge in [-0.05, 0) is 178 Å². The molecule has 0 radical (unpaired) electrons. The van der Waals surface area contributed by atoms with Gasteiger partial charge in [0.1, 0.15) is 41.7 Å². The molecule has 0 saturated carbocycles. The fourth-order valence-corrected chi connectivity index (χ4v) is 16.0. The summed E-state index contributed by atoms with van der Waals surface area (Å²) < 4.78 is 66.5. The fraction of sp³-hybridized carbons (Fsp3) is 0.126. The van der Waals surface area contributed by atoms with Gasteiger partial charge in [0.25, 0.3) is 26.5 Å². The number of aromatic amines is 3. The molecule has 10 heterocycles. The summed E-state index contributed by atoms with van der Waals surface area (Å²) in [5.74, 6) is 1.74. The Labute approximate surface area is 822 Å². The summed E-state index contributed by atoms with van der Waals surface area (Å²) in [4.78, 5) is 42.8. The van der Waals surface area contributed by atoms with Crippen LogP contribution in [0.25, 0.3) is 99.7 Å². The van der Waals surface area contributed by atoms with E-state index in [1.165, 1.54) is 36.2 Å². The molecule has 0 amide bonds. The number of aromatic nitrogens is 10. The van der Waals surface area contributed by atoms with Crippen molar-refractivity contribution in [2.45, 2.75) is 93.2 Å². The van der Waals surface area contributed by atoms with E-state index in [1.807, 2.05) is 226 Å². The molecule has 131 heavy (non-hydrogen) atoms. The predicted octanol–water partition coefficient (Wildman–Crippen LogP) is 16.3. The van der Waals surface area contributed by atoms with Gasteiger partial charge in [0.05, 0.1) is 9.79 Å². The largest absolute Gasteiger partial charge is 1.00 e. The van der Waals surface area contributed by atoms with Crippen molar-refractivity contribution in [2.24, 2.45) is 0 Å². The number of H-pyrrole nitrogens is 3. The molecule has 666 valence electrons. The van der Waals surface area contributed by atoms with E-state index in [0.29, 0.717) is 34.4 Å². The van der Waals surface area contributed by atoms with Gasteiger partial charge in [0.2, 0.25) is 0 Å². The molecule has 0 aliphatic carbocycles. The van der Waals surface area contributed by atoms with Gasteiger partial charge in [-0.1, -0.05) is 268 Å². The molecule has 9 aromatic carbocycles. The van der Waals surface area contributed by atoms with Crippen LogP contribution in [0.5, 0.6) is 11.5 Å². The molecule has 0 aliphatic heterocycles. The minimum absolute atomic E-state index is 0. The van der Waals surface area contributed by atoms with E-state index in [4.69, 9.17) is 34.7 Å². The van der Waals surface area contributed by atoms with Crippen LogP contribution in [0.1, 0.15) is 80.1 Å². The maximum atomic E-state index is 13.1. The summed E-state index contributed by atoms with van der Waals surface area (Å²) in [6.45, 7) is 16.8. The number of hydrogen-bond acceptors (Lipinski definition) is 17. The SMILES string of the molecule is C.C.CC.CC.CC.CO.Cc1ccc(S(=O)(=O)n2cc(-c3ccccc3)c3cccnc32)cc1.Cc1ccc(S(=O)(=O)n2cc(Br)c3cccnc32)cc1.O=CO[O-].OB(O)c1ccccc1.[H-].[Na+].[Na+].c1ccc(-c2c[nH]c3ncccc23)cc1.c1ccc(COc2ccc(-c3c[nH]c4ncccc34)cc2)cc1.c1ccc(COc2cccc(-c3c[nH]c4ncccc34)c2)cc1. The Hall–Kier alpha value is -12.2. The number of rotatable bonds is 16. The minimum Gasteiger partial charge on any atom is -1.00 e. The third kappa shape index (κ3) is 30.2. The molecule has 28 heteroatoms. The van der Waals surface area contributed by atoms with Gasteiger partial charge >= 0.3 is 66.2 Å². The van der Waals surface area contributed by atoms with Crippen LogP contribution in [-0.2, 0) is 42.9 Å². The number of benzene rings is 9.